The lowest BCUT2D eigenvalue weighted by atomic mass is 10.3. The van der Waals surface area contributed by atoms with Crippen LogP contribution in [0.3, 0.4) is 0 Å². The number of rotatable bonds is 5. The third-order valence-corrected chi connectivity index (χ3v) is 3.17. The first-order valence-corrected chi connectivity index (χ1v) is 7.30. The van der Waals surface area contributed by atoms with Crippen LogP contribution < -0.4 is 10.6 Å². The molecule has 0 aromatic heterocycles. The molecule has 94 valence electrons. The van der Waals surface area contributed by atoms with Crippen LogP contribution in [0.5, 0.6) is 0 Å². The number of hydrogen-bond acceptors (Lipinski definition) is 2. The molecule has 0 heterocycles. The Morgan fingerprint density at radius 2 is 2.29 bits per heavy atom. The van der Waals surface area contributed by atoms with E-state index in [0.29, 0.717) is 15.8 Å². The van der Waals surface area contributed by atoms with Gasteiger partial charge in [0.05, 0.1) is 5.69 Å². The number of hydrogen-bond donors (Lipinski definition) is 2. The first kappa shape index (κ1) is 14.5. The molecule has 0 saturated carbocycles. The van der Waals surface area contributed by atoms with E-state index in [2.05, 4.69) is 16.9 Å². The molecule has 0 aliphatic carbocycles. The van der Waals surface area contributed by atoms with E-state index in [1.165, 1.54) is 18.2 Å². The van der Waals surface area contributed by atoms with Crippen molar-refractivity contribution in [2.24, 2.45) is 0 Å². The summed E-state index contributed by atoms with van der Waals surface area (Å²) in [5.41, 5.74) is 0.292. The average Bonchev–Trinajstić information content (AvgIpc) is 2.29. The van der Waals surface area contributed by atoms with Crippen LogP contribution in [0.25, 0.3) is 0 Å². The second-order valence-corrected chi connectivity index (χ2v) is 5.18. The Balaban J connectivity index is 2.42. The number of thioether (sulfide) groups is 1. The topological polar surface area (TPSA) is 24.1 Å². The summed E-state index contributed by atoms with van der Waals surface area (Å²) in [7, 11) is 0. The first-order valence-electron chi connectivity index (χ1n) is 5.12. The van der Waals surface area contributed by atoms with Crippen molar-refractivity contribution in [1.82, 2.24) is 5.32 Å². The first-order chi connectivity index (χ1) is 8.13. The summed E-state index contributed by atoms with van der Waals surface area (Å²) in [6.45, 7) is 0.773. The molecule has 0 amide bonds. The van der Waals surface area contributed by atoms with Crippen LogP contribution in [-0.2, 0) is 0 Å². The van der Waals surface area contributed by atoms with E-state index in [-0.39, 0.29) is 5.82 Å². The molecule has 1 rings (SSSR count). The SMILES string of the molecule is CSCCCNC(=S)Nc1cc(Cl)ccc1F. The Morgan fingerprint density at radius 1 is 1.53 bits per heavy atom. The molecular formula is C11H14ClFN2S2. The fourth-order valence-corrected chi connectivity index (χ4v) is 2.00. The Kier molecular flexibility index (Phi) is 6.62. The van der Waals surface area contributed by atoms with Gasteiger partial charge in [-0.1, -0.05) is 11.6 Å². The molecule has 0 spiro atoms. The largest absolute Gasteiger partial charge is 0.362 e. The van der Waals surface area contributed by atoms with E-state index in [1.54, 1.807) is 11.8 Å². The van der Waals surface area contributed by atoms with Gasteiger partial charge in [-0.3, -0.25) is 0 Å². The highest BCUT2D eigenvalue weighted by molar-refractivity contribution is 7.98. The quantitative estimate of drug-likeness (QED) is 0.640. The molecule has 0 bridgehead atoms. The van der Waals surface area contributed by atoms with Crippen molar-refractivity contribution in [2.45, 2.75) is 6.42 Å². The maximum absolute atomic E-state index is 13.4. The number of halogens is 2. The van der Waals surface area contributed by atoms with E-state index in [1.807, 2.05) is 0 Å². The van der Waals surface area contributed by atoms with Gasteiger partial charge in [0.25, 0.3) is 0 Å². The lowest BCUT2D eigenvalue weighted by Crippen LogP contribution is -2.29. The molecule has 0 atom stereocenters. The zero-order valence-corrected chi connectivity index (χ0v) is 11.8. The second kappa shape index (κ2) is 7.74. The smallest absolute Gasteiger partial charge is 0.170 e. The molecule has 0 radical (unpaired) electrons. The summed E-state index contributed by atoms with van der Waals surface area (Å²) in [5.74, 6) is 0.698. The molecule has 6 heteroatoms. The van der Waals surface area contributed by atoms with Gasteiger partial charge in [-0.05, 0) is 48.8 Å². The maximum atomic E-state index is 13.4. The van der Waals surface area contributed by atoms with Crippen molar-refractivity contribution >= 4 is 46.4 Å². The Morgan fingerprint density at radius 3 is 3.00 bits per heavy atom. The van der Waals surface area contributed by atoms with E-state index in [9.17, 15) is 4.39 Å². The van der Waals surface area contributed by atoms with E-state index >= 15 is 0 Å². The van der Waals surface area contributed by atoms with Gasteiger partial charge < -0.3 is 10.6 Å². The lowest BCUT2D eigenvalue weighted by Gasteiger charge is -2.11. The third-order valence-electron chi connectivity index (χ3n) is 1.99. The van der Waals surface area contributed by atoms with Crippen molar-refractivity contribution < 1.29 is 4.39 Å². The lowest BCUT2D eigenvalue weighted by molar-refractivity contribution is 0.632. The van der Waals surface area contributed by atoms with Gasteiger partial charge in [-0.25, -0.2) is 4.39 Å². The van der Waals surface area contributed by atoms with Gasteiger partial charge >= 0.3 is 0 Å². The minimum atomic E-state index is -0.373. The molecular weight excluding hydrogens is 279 g/mol. The second-order valence-electron chi connectivity index (χ2n) is 3.35. The van der Waals surface area contributed by atoms with Gasteiger partial charge in [0.15, 0.2) is 5.11 Å². The van der Waals surface area contributed by atoms with Crippen LogP contribution in [0.4, 0.5) is 10.1 Å². The summed E-state index contributed by atoms with van der Waals surface area (Å²) in [5, 5.41) is 6.67. The zero-order chi connectivity index (χ0) is 12.7. The van der Waals surface area contributed by atoms with Gasteiger partial charge in [-0.2, -0.15) is 11.8 Å². The van der Waals surface area contributed by atoms with Gasteiger partial charge in [-0.15, -0.1) is 0 Å². The number of thiocarbonyl (C=S) groups is 1. The summed E-state index contributed by atoms with van der Waals surface area (Å²) < 4.78 is 13.4. The Bertz CT molecular complexity index is 388. The van der Waals surface area contributed by atoms with Crippen molar-refractivity contribution in [2.75, 3.05) is 23.9 Å². The van der Waals surface area contributed by atoms with Gasteiger partial charge in [0.2, 0.25) is 0 Å². The van der Waals surface area contributed by atoms with E-state index < -0.39 is 0 Å². The Labute approximate surface area is 115 Å². The summed E-state index contributed by atoms with van der Waals surface area (Å²) >= 11 is 12.6. The molecule has 0 aliphatic rings. The van der Waals surface area contributed by atoms with Crippen molar-refractivity contribution in [3.05, 3.63) is 29.0 Å². The highest BCUT2D eigenvalue weighted by Gasteiger charge is 2.04. The molecule has 1 aromatic carbocycles. The number of anilines is 1. The Hall–Kier alpha value is -0.520. The third kappa shape index (κ3) is 5.57. The molecule has 0 aliphatic heterocycles. The standard InChI is InChI=1S/C11H14ClFN2S2/c1-17-6-2-5-14-11(16)15-10-7-8(12)3-4-9(10)13/h3-4,7H,2,5-6H2,1H3,(H2,14,15,16). The van der Waals surface area contributed by atoms with Crippen molar-refractivity contribution in [1.29, 1.82) is 0 Å². The van der Waals surface area contributed by atoms with Gasteiger partial charge in [0, 0.05) is 11.6 Å². The highest BCUT2D eigenvalue weighted by Crippen LogP contribution is 2.19. The average molecular weight is 293 g/mol. The molecule has 0 saturated heterocycles. The fourth-order valence-electron chi connectivity index (χ4n) is 1.18. The molecule has 1 aromatic rings. The summed E-state index contributed by atoms with van der Waals surface area (Å²) in [4.78, 5) is 0. The highest BCUT2D eigenvalue weighted by atomic mass is 35.5. The fraction of sp³-hybridized carbons (Fsp3) is 0.364. The van der Waals surface area contributed by atoms with Crippen LogP contribution >= 0.6 is 35.6 Å². The minimum absolute atomic E-state index is 0.292. The molecule has 2 N–H and O–H groups in total. The van der Waals surface area contributed by atoms with Crippen LogP contribution in [0, 0.1) is 5.82 Å². The minimum Gasteiger partial charge on any atom is -0.362 e. The predicted octanol–water partition coefficient (Wildman–Crippen LogP) is 3.52. The summed E-state index contributed by atoms with van der Waals surface area (Å²) in [6, 6.07) is 4.31. The predicted molar refractivity (Wildman–Crippen MR) is 78.6 cm³/mol. The van der Waals surface area contributed by atoms with Crippen LogP contribution in [0.15, 0.2) is 18.2 Å². The normalized spacial score (nSPS) is 10.1. The van der Waals surface area contributed by atoms with E-state index in [4.69, 9.17) is 23.8 Å². The molecule has 0 fully saturated rings. The van der Waals surface area contributed by atoms with Crippen LogP contribution in [-0.4, -0.2) is 23.7 Å². The van der Waals surface area contributed by atoms with Crippen LogP contribution in [0.1, 0.15) is 6.42 Å². The van der Waals surface area contributed by atoms with Crippen molar-refractivity contribution in [3.63, 3.8) is 0 Å². The van der Waals surface area contributed by atoms with Crippen LogP contribution in [0.2, 0.25) is 5.02 Å². The summed E-state index contributed by atoms with van der Waals surface area (Å²) in [6.07, 6.45) is 3.07. The molecule has 0 unspecified atom stereocenters. The molecule has 17 heavy (non-hydrogen) atoms. The molecule has 2 nitrogen and oxygen atoms in total. The zero-order valence-electron chi connectivity index (χ0n) is 9.43. The number of nitrogens with one attached hydrogen (secondary N) is 2. The van der Waals surface area contributed by atoms with Gasteiger partial charge in [0.1, 0.15) is 5.82 Å². The number of benzene rings is 1. The monoisotopic (exact) mass is 292 g/mol. The van der Waals surface area contributed by atoms with Crippen molar-refractivity contribution in [3.8, 4) is 0 Å². The van der Waals surface area contributed by atoms with E-state index in [0.717, 1.165) is 18.7 Å². The maximum Gasteiger partial charge on any atom is 0.170 e.